The number of urea groups is 1. The summed E-state index contributed by atoms with van der Waals surface area (Å²) < 4.78 is 0. The van der Waals surface area contributed by atoms with Gasteiger partial charge in [-0.2, -0.15) is 0 Å². The normalized spacial score (nSPS) is 29.9. The number of ketones is 1. The molecule has 3 fully saturated rings. The molecule has 2 saturated carbocycles. The number of amides is 3. The molecule has 0 aromatic heterocycles. The molecule has 1 saturated heterocycles. The third-order valence-corrected chi connectivity index (χ3v) is 6.85. The topological polar surface area (TPSA) is 75.3 Å². The molecule has 0 aromatic carbocycles. The number of Topliss-reactive ketones (excluding diaryl/α,β-unsaturated/α-hetero) is 1. The summed E-state index contributed by atoms with van der Waals surface area (Å²) in [5.74, 6) is 1.74. The van der Waals surface area contributed by atoms with Gasteiger partial charge in [0.2, 0.25) is 0 Å². The van der Waals surface area contributed by atoms with E-state index in [1.54, 1.807) is 0 Å². The first-order chi connectivity index (χ1) is 12.3. The minimum Gasteiger partial charge on any atom is -0.323 e. The Hall–Kier alpha value is -1.39. The van der Waals surface area contributed by atoms with Crippen molar-refractivity contribution in [3.05, 3.63) is 0 Å². The number of rotatable bonds is 0. The maximum absolute atomic E-state index is 11.7. The predicted octanol–water partition coefficient (Wildman–Crippen LogP) is 4.59. The van der Waals surface area contributed by atoms with Gasteiger partial charge in [-0.05, 0) is 61.2 Å². The van der Waals surface area contributed by atoms with Crippen LogP contribution in [0.3, 0.4) is 0 Å². The Morgan fingerprint density at radius 1 is 0.778 bits per heavy atom. The Balaban J connectivity index is 0.000000208. The standard InChI is InChI=1S/C12H20N2O2.C10H18O/c1-11(2,3)8-4-6-12(7-5-8)9(15)13-10(16)14-12;1-10(2,3)8-4-6-9(11)7-5-8/h8H,4-7H2,1-3H3,(H2,13,14,15,16);8H,4-7H2,1-3H3. The number of hydrogen-bond donors (Lipinski definition) is 2. The van der Waals surface area contributed by atoms with Crippen LogP contribution in [-0.4, -0.2) is 23.3 Å². The van der Waals surface area contributed by atoms with Gasteiger partial charge in [0.1, 0.15) is 11.3 Å². The van der Waals surface area contributed by atoms with Gasteiger partial charge in [0.05, 0.1) is 0 Å². The zero-order valence-corrected chi connectivity index (χ0v) is 18.0. The largest absolute Gasteiger partial charge is 0.323 e. The molecule has 1 heterocycles. The summed E-state index contributed by atoms with van der Waals surface area (Å²) in [4.78, 5) is 33.8. The smallest absolute Gasteiger partial charge is 0.322 e. The molecule has 0 aromatic rings. The van der Waals surface area contributed by atoms with Gasteiger partial charge < -0.3 is 5.32 Å². The first-order valence-corrected chi connectivity index (χ1v) is 10.5. The van der Waals surface area contributed by atoms with Crippen molar-refractivity contribution in [2.24, 2.45) is 22.7 Å². The molecule has 3 aliphatic rings. The van der Waals surface area contributed by atoms with Gasteiger partial charge in [-0.15, -0.1) is 0 Å². The Labute approximate surface area is 164 Å². The molecular weight excluding hydrogens is 340 g/mol. The first-order valence-electron chi connectivity index (χ1n) is 10.5. The maximum Gasteiger partial charge on any atom is 0.322 e. The van der Waals surface area contributed by atoms with Gasteiger partial charge in [0, 0.05) is 12.8 Å². The number of hydrogen-bond acceptors (Lipinski definition) is 3. The van der Waals surface area contributed by atoms with Crippen LogP contribution in [0, 0.1) is 22.7 Å². The Morgan fingerprint density at radius 2 is 1.22 bits per heavy atom. The average Bonchev–Trinajstić information content (AvgIpc) is 2.80. The van der Waals surface area contributed by atoms with E-state index in [1.807, 2.05) is 0 Å². The molecular formula is C22H38N2O3. The molecule has 0 unspecified atom stereocenters. The van der Waals surface area contributed by atoms with E-state index in [0.29, 0.717) is 22.5 Å². The molecule has 5 heteroatoms. The Morgan fingerprint density at radius 3 is 1.59 bits per heavy atom. The third kappa shape index (κ3) is 5.55. The third-order valence-electron chi connectivity index (χ3n) is 6.85. The van der Waals surface area contributed by atoms with E-state index in [9.17, 15) is 14.4 Å². The van der Waals surface area contributed by atoms with E-state index in [4.69, 9.17) is 0 Å². The van der Waals surface area contributed by atoms with E-state index in [1.165, 1.54) is 0 Å². The van der Waals surface area contributed by atoms with Crippen LogP contribution in [0.25, 0.3) is 0 Å². The second-order valence-electron chi connectivity index (χ2n) is 10.8. The van der Waals surface area contributed by atoms with Crippen LogP contribution >= 0.6 is 0 Å². The Bertz CT molecular complexity index is 565. The lowest BCUT2D eigenvalue weighted by molar-refractivity contribution is -0.125. The lowest BCUT2D eigenvalue weighted by Gasteiger charge is -2.40. The Kier molecular flexibility index (Phi) is 6.43. The van der Waals surface area contributed by atoms with Crippen molar-refractivity contribution in [1.82, 2.24) is 10.6 Å². The molecule has 1 spiro atoms. The van der Waals surface area contributed by atoms with Crippen molar-refractivity contribution in [2.45, 2.75) is 98.4 Å². The fraction of sp³-hybridized carbons (Fsp3) is 0.864. The van der Waals surface area contributed by atoms with E-state index in [0.717, 1.165) is 57.3 Å². The van der Waals surface area contributed by atoms with Crippen LogP contribution in [0.5, 0.6) is 0 Å². The van der Waals surface area contributed by atoms with Crippen LogP contribution in [0.4, 0.5) is 4.79 Å². The maximum atomic E-state index is 11.7. The molecule has 3 rings (SSSR count). The number of carbonyl (C=O) groups excluding carboxylic acids is 3. The molecule has 1 aliphatic heterocycles. The van der Waals surface area contributed by atoms with E-state index in [-0.39, 0.29) is 11.9 Å². The highest BCUT2D eigenvalue weighted by Crippen LogP contribution is 2.42. The molecule has 0 radical (unpaired) electrons. The minimum atomic E-state index is -0.598. The number of imide groups is 1. The van der Waals surface area contributed by atoms with E-state index < -0.39 is 5.54 Å². The van der Waals surface area contributed by atoms with E-state index in [2.05, 4.69) is 52.2 Å². The first kappa shape index (κ1) is 21.9. The molecule has 0 bridgehead atoms. The van der Waals surface area contributed by atoms with Crippen LogP contribution < -0.4 is 10.6 Å². The van der Waals surface area contributed by atoms with Crippen molar-refractivity contribution < 1.29 is 14.4 Å². The van der Waals surface area contributed by atoms with E-state index >= 15 is 0 Å². The van der Waals surface area contributed by atoms with Crippen molar-refractivity contribution in [1.29, 1.82) is 0 Å². The molecule has 2 N–H and O–H groups in total. The van der Waals surface area contributed by atoms with Gasteiger partial charge in [-0.25, -0.2) is 4.79 Å². The average molecular weight is 379 g/mol. The molecule has 0 atom stereocenters. The van der Waals surface area contributed by atoms with Crippen LogP contribution in [0.1, 0.15) is 92.9 Å². The second-order valence-corrected chi connectivity index (χ2v) is 10.8. The monoisotopic (exact) mass is 378 g/mol. The molecule has 2 aliphatic carbocycles. The summed E-state index contributed by atoms with van der Waals surface area (Å²) in [6.45, 7) is 13.5. The van der Waals surface area contributed by atoms with Gasteiger partial charge in [-0.3, -0.25) is 14.9 Å². The molecule has 5 nitrogen and oxygen atoms in total. The van der Waals surface area contributed by atoms with Crippen LogP contribution in [0.2, 0.25) is 0 Å². The summed E-state index contributed by atoms with van der Waals surface area (Å²) in [5, 5.41) is 5.13. The van der Waals surface area contributed by atoms with Gasteiger partial charge in [0.15, 0.2) is 0 Å². The van der Waals surface area contributed by atoms with Crippen molar-refractivity contribution in [3.8, 4) is 0 Å². The van der Waals surface area contributed by atoms with Crippen LogP contribution in [0.15, 0.2) is 0 Å². The highest BCUT2D eigenvalue weighted by atomic mass is 16.2. The summed E-state index contributed by atoms with van der Waals surface area (Å²) >= 11 is 0. The van der Waals surface area contributed by atoms with Crippen LogP contribution in [-0.2, 0) is 9.59 Å². The summed E-state index contributed by atoms with van der Waals surface area (Å²) in [6, 6.07) is -0.334. The predicted molar refractivity (Wildman–Crippen MR) is 107 cm³/mol. The summed E-state index contributed by atoms with van der Waals surface area (Å²) in [7, 11) is 0. The van der Waals surface area contributed by atoms with Gasteiger partial charge in [-0.1, -0.05) is 41.5 Å². The molecule has 27 heavy (non-hydrogen) atoms. The summed E-state index contributed by atoms with van der Waals surface area (Å²) in [5.41, 5.74) is 0.0975. The van der Waals surface area contributed by atoms with Crippen molar-refractivity contribution in [3.63, 3.8) is 0 Å². The lowest BCUT2D eigenvalue weighted by Crippen LogP contribution is -2.50. The quantitative estimate of drug-likeness (QED) is 0.605. The molecule has 3 amide bonds. The van der Waals surface area contributed by atoms with Gasteiger partial charge in [0.25, 0.3) is 5.91 Å². The summed E-state index contributed by atoms with van der Waals surface area (Å²) in [6.07, 6.45) is 7.43. The highest BCUT2D eigenvalue weighted by Gasteiger charge is 2.49. The number of nitrogens with one attached hydrogen (secondary N) is 2. The zero-order chi connectivity index (χ0) is 20.5. The highest BCUT2D eigenvalue weighted by molar-refractivity contribution is 6.07. The van der Waals surface area contributed by atoms with Crippen molar-refractivity contribution in [2.75, 3.05) is 0 Å². The zero-order valence-electron chi connectivity index (χ0n) is 18.0. The minimum absolute atomic E-state index is 0.134. The fourth-order valence-electron chi connectivity index (χ4n) is 4.66. The SMILES string of the molecule is CC(C)(C)C1CCC(=O)CC1.CC(C)(C)C1CCC2(CC1)NC(=O)NC2=O. The fourth-order valence-corrected chi connectivity index (χ4v) is 4.66. The second kappa shape index (κ2) is 7.92. The lowest BCUT2D eigenvalue weighted by atomic mass is 9.67. The molecule has 154 valence electrons. The van der Waals surface area contributed by atoms with Crippen molar-refractivity contribution >= 4 is 17.7 Å². The number of carbonyl (C=O) groups is 3. The van der Waals surface area contributed by atoms with Gasteiger partial charge >= 0.3 is 6.03 Å².